The SMILES string of the molecule is Cc1ccc(CN(C)C(=O)C[NH+](C)CC(=O)Nc2ccccc2C(F)(F)F)cc1. The molecule has 5 nitrogen and oxygen atoms in total. The molecule has 0 aliphatic carbocycles. The number of alkyl halides is 3. The van der Waals surface area contributed by atoms with Crippen molar-refractivity contribution in [3.05, 3.63) is 65.2 Å². The van der Waals surface area contributed by atoms with Gasteiger partial charge in [-0.1, -0.05) is 42.0 Å². The van der Waals surface area contributed by atoms with Gasteiger partial charge < -0.3 is 15.1 Å². The maximum Gasteiger partial charge on any atom is 0.418 e. The van der Waals surface area contributed by atoms with Crippen LogP contribution in [0.4, 0.5) is 18.9 Å². The molecule has 0 radical (unpaired) electrons. The summed E-state index contributed by atoms with van der Waals surface area (Å²) >= 11 is 0. The van der Waals surface area contributed by atoms with E-state index in [2.05, 4.69) is 5.32 Å². The summed E-state index contributed by atoms with van der Waals surface area (Å²) in [5, 5.41) is 2.29. The number of quaternary nitrogens is 1. The van der Waals surface area contributed by atoms with Crippen LogP contribution in [0.2, 0.25) is 0 Å². The van der Waals surface area contributed by atoms with Gasteiger partial charge in [-0.05, 0) is 24.6 Å². The first kappa shape index (κ1) is 22.4. The molecule has 2 rings (SSSR count). The van der Waals surface area contributed by atoms with Gasteiger partial charge in [-0.2, -0.15) is 13.2 Å². The van der Waals surface area contributed by atoms with Crippen molar-refractivity contribution in [1.29, 1.82) is 0 Å². The van der Waals surface area contributed by atoms with Gasteiger partial charge in [0.05, 0.1) is 18.3 Å². The lowest BCUT2D eigenvalue weighted by atomic mass is 10.1. The molecular formula is C21H25F3N3O2+. The summed E-state index contributed by atoms with van der Waals surface area (Å²) in [5.41, 5.74) is 0.927. The molecule has 0 aromatic heterocycles. The first-order valence-corrected chi connectivity index (χ1v) is 9.13. The van der Waals surface area contributed by atoms with E-state index in [-0.39, 0.29) is 24.7 Å². The Bertz CT molecular complexity index is 851. The number of benzene rings is 2. The van der Waals surface area contributed by atoms with E-state index in [0.717, 1.165) is 17.2 Å². The summed E-state index contributed by atoms with van der Waals surface area (Å²) in [6.45, 7) is 2.35. The molecule has 0 aliphatic rings. The molecule has 8 heteroatoms. The number of halogens is 3. The Kier molecular flexibility index (Phi) is 7.39. The van der Waals surface area contributed by atoms with Crippen LogP contribution in [0.5, 0.6) is 0 Å². The molecule has 2 aromatic carbocycles. The Morgan fingerprint density at radius 2 is 1.66 bits per heavy atom. The summed E-state index contributed by atoms with van der Waals surface area (Å²) in [6.07, 6.45) is -4.56. The summed E-state index contributed by atoms with van der Waals surface area (Å²) in [4.78, 5) is 26.7. The Balaban J connectivity index is 1.88. The van der Waals surface area contributed by atoms with Gasteiger partial charge in [0, 0.05) is 13.6 Å². The second-order valence-electron chi connectivity index (χ2n) is 7.14. The first-order chi connectivity index (χ1) is 13.6. The van der Waals surface area contributed by atoms with Crippen molar-refractivity contribution in [3.63, 3.8) is 0 Å². The van der Waals surface area contributed by atoms with Crippen molar-refractivity contribution in [3.8, 4) is 0 Å². The smallest absolute Gasteiger partial charge is 0.337 e. The Labute approximate surface area is 168 Å². The molecule has 0 bridgehead atoms. The summed E-state index contributed by atoms with van der Waals surface area (Å²) < 4.78 is 39.0. The van der Waals surface area contributed by atoms with Crippen LogP contribution in [0.15, 0.2) is 48.5 Å². The fraction of sp³-hybridized carbons (Fsp3) is 0.333. The van der Waals surface area contributed by atoms with Crippen LogP contribution in [0.1, 0.15) is 16.7 Å². The van der Waals surface area contributed by atoms with E-state index in [9.17, 15) is 22.8 Å². The zero-order valence-electron chi connectivity index (χ0n) is 16.6. The minimum atomic E-state index is -4.56. The number of amides is 2. The summed E-state index contributed by atoms with van der Waals surface area (Å²) in [6, 6.07) is 12.6. The number of carbonyl (C=O) groups is 2. The van der Waals surface area contributed by atoms with Gasteiger partial charge in [0.2, 0.25) is 0 Å². The van der Waals surface area contributed by atoms with E-state index in [0.29, 0.717) is 11.4 Å². The van der Waals surface area contributed by atoms with Crippen LogP contribution in [0, 0.1) is 6.92 Å². The second-order valence-corrected chi connectivity index (χ2v) is 7.14. The number of para-hydroxylation sites is 1. The van der Waals surface area contributed by atoms with Gasteiger partial charge >= 0.3 is 6.18 Å². The lowest BCUT2D eigenvalue weighted by molar-refractivity contribution is -0.862. The average Bonchev–Trinajstić information content (AvgIpc) is 2.62. The number of rotatable bonds is 7. The number of hydrogen-bond donors (Lipinski definition) is 2. The topological polar surface area (TPSA) is 53.9 Å². The van der Waals surface area contributed by atoms with Gasteiger partial charge in [0.25, 0.3) is 11.8 Å². The van der Waals surface area contributed by atoms with E-state index < -0.39 is 17.6 Å². The molecule has 0 aliphatic heterocycles. The van der Waals surface area contributed by atoms with Crippen LogP contribution in [0.3, 0.4) is 0 Å². The predicted molar refractivity (Wildman–Crippen MR) is 104 cm³/mol. The van der Waals surface area contributed by atoms with Gasteiger partial charge in [0.15, 0.2) is 13.1 Å². The molecule has 0 fully saturated rings. The monoisotopic (exact) mass is 408 g/mol. The third kappa shape index (κ3) is 6.90. The second kappa shape index (κ2) is 9.56. The van der Waals surface area contributed by atoms with Crippen LogP contribution >= 0.6 is 0 Å². The number of hydrogen-bond acceptors (Lipinski definition) is 2. The molecule has 0 heterocycles. The highest BCUT2D eigenvalue weighted by atomic mass is 19.4. The highest BCUT2D eigenvalue weighted by Gasteiger charge is 2.33. The molecule has 1 atom stereocenters. The molecular weight excluding hydrogens is 383 g/mol. The maximum absolute atomic E-state index is 13.0. The maximum atomic E-state index is 13.0. The molecule has 2 aromatic rings. The van der Waals surface area contributed by atoms with Crippen LogP contribution in [0.25, 0.3) is 0 Å². The van der Waals surface area contributed by atoms with E-state index in [4.69, 9.17) is 0 Å². The van der Waals surface area contributed by atoms with Gasteiger partial charge in [-0.25, -0.2) is 0 Å². The Hall–Kier alpha value is -2.87. The standard InChI is InChI=1S/C21H24F3N3O2/c1-15-8-10-16(11-9-15)12-27(3)20(29)14-26(2)13-19(28)25-18-7-5-4-6-17(18)21(22,23)24/h4-11H,12-14H2,1-3H3,(H,25,28)/p+1. The quantitative estimate of drug-likeness (QED) is 0.738. The van der Waals surface area contributed by atoms with Crippen molar-refractivity contribution in [2.24, 2.45) is 0 Å². The minimum absolute atomic E-state index is 0.0523. The third-order valence-corrected chi connectivity index (χ3v) is 4.39. The molecule has 0 saturated carbocycles. The van der Waals surface area contributed by atoms with Crippen molar-refractivity contribution < 1.29 is 27.7 Å². The first-order valence-electron chi connectivity index (χ1n) is 9.13. The van der Waals surface area contributed by atoms with Crippen LogP contribution in [-0.4, -0.2) is 43.9 Å². The minimum Gasteiger partial charge on any atom is -0.337 e. The van der Waals surface area contributed by atoms with Crippen molar-refractivity contribution >= 4 is 17.5 Å². The van der Waals surface area contributed by atoms with E-state index in [1.807, 2.05) is 31.2 Å². The Morgan fingerprint density at radius 1 is 1.03 bits per heavy atom. The number of carbonyl (C=O) groups excluding carboxylic acids is 2. The lowest BCUT2D eigenvalue weighted by Gasteiger charge is -2.20. The zero-order valence-corrected chi connectivity index (χ0v) is 16.6. The molecule has 29 heavy (non-hydrogen) atoms. The molecule has 156 valence electrons. The largest absolute Gasteiger partial charge is 0.418 e. The van der Waals surface area contributed by atoms with Crippen molar-refractivity contribution in [2.45, 2.75) is 19.6 Å². The van der Waals surface area contributed by atoms with Crippen LogP contribution in [-0.2, 0) is 22.3 Å². The van der Waals surface area contributed by atoms with E-state index >= 15 is 0 Å². The molecule has 0 spiro atoms. The van der Waals surface area contributed by atoms with Gasteiger partial charge in [-0.3, -0.25) is 9.59 Å². The molecule has 2 amide bonds. The Morgan fingerprint density at radius 3 is 2.28 bits per heavy atom. The average molecular weight is 408 g/mol. The van der Waals surface area contributed by atoms with Crippen molar-refractivity contribution in [2.75, 3.05) is 32.5 Å². The molecule has 0 saturated heterocycles. The van der Waals surface area contributed by atoms with E-state index in [1.54, 1.807) is 19.0 Å². The normalized spacial score (nSPS) is 12.3. The number of likely N-dealkylation sites (N-methyl/N-ethyl adjacent to an activating group) is 2. The fourth-order valence-electron chi connectivity index (χ4n) is 2.82. The highest BCUT2D eigenvalue weighted by molar-refractivity contribution is 5.92. The van der Waals surface area contributed by atoms with Crippen LogP contribution < -0.4 is 10.2 Å². The zero-order chi connectivity index (χ0) is 21.6. The molecule has 1 unspecified atom stereocenters. The fourth-order valence-corrected chi connectivity index (χ4v) is 2.82. The number of nitrogens with zero attached hydrogens (tertiary/aromatic N) is 1. The number of aryl methyl sites for hydroxylation is 1. The predicted octanol–water partition coefficient (Wildman–Crippen LogP) is 2.13. The number of anilines is 1. The highest BCUT2D eigenvalue weighted by Crippen LogP contribution is 2.34. The van der Waals surface area contributed by atoms with Gasteiger partial charge in [-0.15, -0.1) is 0 Å². The van der Waals surface area contributed by atoms with E-state index in [1.165, 1.54) is 18.2 Å². The van der Waals surface area contributed by atoms with Crippen molar-refractivity contribution in [1.82, 2.24) is 4.90 Å². The summed E-state index contributed by atoms with van der Waals surface area (Å²) in [7, 11) is 3.32. The number of nitrogens with one attached hydrogen (secondary N) is 2. The molecule has 2 N–H and O–H groups in total. The lowest BCUT2D eigenvalue weighted by Crippen LogP contribution is -3.11. The third-order valence-electron chi connectivity index (χ3n) is 4.39. The van der Waals surface area contributed by atoms with Gasteiger partial charge in [0.1, 0.15) is 0 Å². The summed E-state index contributed by atoms with van der Waals surface area (Å²) in [5.74, 6) is -0.750.